The summed E-state index contributed by atoms with van der Waals surface area (Å²) >= 11 is 0. The van der Waals surface area contributed by atoms with Gasteiger partial charge >= 0.3 is 0 Å². The second-order valence-corrected chi connectivity index (χ2v) is 14.0. The van der Waals surface area contributed by atoms with Crippen LogP contribution in [0.25, 0.3) is 33.4 Å². The minimum atomic E-state index is -0.129. The maximum absolute atomic E-state index is 2.49. The zero-order valence-electron chi connectivity index (χ0n) is 27.1. The SMILES string of the molecule is Cc1ccc(C)c(-c2ccc(-c3ccc(N4c5ccccc5C(C)(C)c5cc6c(cc54)C(C)(C)c4ccccc4-6)cc3)cc2)c1. The van der Waals surface area contributed by atoms with Crippen molar-refractivity contribution in [1.82, 2.24) is 0 Å². The molecule has 0 saturated carbocycles. The quantitative estimate of drug-likeness (QED) is 0.201. The predicted molar refractivity (Wildman–Crippen MR) is 191 cm³/mol. The summed E-state index contributed by atoms with van der Waals surface area (Å²) in [6, 6.07) is 47.7. The van der Waals surface area contributed by atoms with Crippen LogP contribution in [0.2, 0.25) is 0 Å². The molecule has 0 fully saturated rings. The summed E-state index contributed by atoms with van der Waals surface area (Å²) in [5.74, 6) is 0. The Hall–Kier alpha value is -4.88. The third-order valence-corrected chi connectivity index (χ3v) is 10.5. The lowest BCUT2D eigenvalue weighted by molar-refractivity contribution is 0.627. The van der Waals surface area contributed by atoms with E-state index in [9.17, 15) is 0 Å². The molecule has 0 saturated heterocycles. The number of hydrogen-bond acceptors (Lipinski definition) is 1. The fourth-order valence-electron chi connectivity index (χ4n) is 7.86. The van der Waals surface area contributed by atoms with E-state index in [-0.39, 0.29) is 10.8 Å². The summed E-state index contributed by atoms with van der Waals surface area (Å²) in [6.07, 6.45) is 0. The van der Waals surface area contributed by atoms with Crippen LogP contribution in [0, 0.1) is 13.8 Å². The molecule has 0 radical (unpaired) electrons. The smallest absolute Gasteiger partial charge is 0.0506 e. The number of para-hydroxylation sites is 1. The summed E-state index contributed by atoms with van der Waals surface area (Å²) in [5.41, 5.74) is 19.5. The van der Waals surface area contributed by atoms with Crippen LogP contribution in [0.3, 0.4) is 0 Å². The third kappa shape index (κ3) is 4.14. The fourth-order valence-corrected chi connectivity index (χ4v) is 7.86. The first-order chi connectivity index (χ1) is 21.6. The monoisotopic (exact) mass is 581 g/mol. The van der Waals surface area contributed by atoms with Crippen molar-refractivity contribution in [2.24, 2.45) is 0 Å². The lowest BCUT2D eigenvalue weighted by Crippen LogP contribution is -2.31. The van der Waals surface area contributed by atoms with Crippen molar-refractivity contribution in [2.45, 2.75) is 52.4 Å². The molecule has 220 valence electrons. The Bertz CT molecular complexity index is 2110. The van der Waals surface area contributed by atoms with Crippen molar-refractivity contribution in [3.8, 4) is 33.4 Å². The number of nitrogens with zero attached hydrogens (tertiary/aromatic N) is 1. The number of rotatable bonds is 3. The standard InChI is InChI=1S/C44H39N/c1-28-15-16-29(2)35(25-28)32-19-17-30(18-20-32)31-21-23-33(24-22-31)45-41-14-10-9-13-38(41)44(5,6)40-26-36-34-11-7-8-12-37(34)43(3,4)39(36)27-42(40)45/h7-27H,1-6H3. The van der Waals surface area contributed by atoms with E-state index in [1.807, 2.05) is 0 Å². The van der Waals surface area contributed by atoms with Crippen LogP contribution < -0.4 is 4.90 Å². The van der Waals surface area contributed by atoms with E-state index in [0.717, 1.165) is 0 Å². The van der Waals surface area contributed by atoms with Crippen molar-refractivity contribution in [2.75, 3.05) is 4.90 Å². The molecule has 1 aliphatic carbocycles. The van der Waals surface area contributed by atoms with Crippen molar-refractivity contribution in [3.63, 3.8) is 0 Å². The number of fused-ring (bicyclic) bond motifs is 5. The van der Waals surface area contributed by atoms with E-state index in [0.29, 0.717) is 0 Å². The molecule has 6 aromatic carbocycles. The van der Waals surface area contributed by atoms with Gasteiger partial charge in [-0.1, -0.05) is 130 Å². The van der Waals surface area contributed by atoms with Gasteiger partial charge in [0.25, 0.3) is 0 Å². The molecule has 6 aromatic rings. The zero-order chi connectivity index (χ0) is 31.1. The molecule has 0 atom stereocenters. The first kappa shape index (κ1) is 27.7. The molecule has 1 aliphatic heterocycles. The largest absolute Gasteiger partial charge is 0.310 e. The van der Waals surface area contributed by atoms with Crippen LogP contribution >= 0.6 is 0 Å². The number of hydrogen-bond donors (Lipinski definition) is 0. The van der Waals surface area contributed by atoms with E-state index in [4.69, 9.17) is 0 Å². The Morgan fingerprint density at radius 3 is 1.76 bits per heavy atom. The van der Waals surface area contributed by atoms with E-state index in [1.54, 1.807) is 0 Å². The van der Waals surface area contributed by atoms with Crippen molar-refractivity contribution in [3.05, 3.63) is 161 Å². The second kappa shape index (κ2) is 9.81. The Morgan fingerprint density at radius 2 is 1.02 bits per heavy atom. The average molecular weight is 582 g/mol. The third-order valence-electron chi connectivity index (χ3n) is 10.5. The normalized spacial score (nSPS) is 15.2. The van der Waals surface area contributed by atoms with Gasteiger partial charge < -0.3 is 4.90 Å². The summed E-state index contributed by atoms with van der Waals surface area (Å²) < 4.78 is 0. The van der Waals surface area contributed by atoms with Gasteiger partial charge in [-0.05, 0) is 105 Å². The fraction of sp³-hybridized carbons (Fsp3) is 0.182. The van der Waals surface area contributed by atoms with Crippen LogP contribution in [-0.2, 0) is 10.8 Å². The minimum absolute atomic E-state index is 0.0548. The highest BCUT2D eigenvalue weighted by molar-refractivity contribution is 5.91. The first-order valence-electron chi connectivity index (χ1n) is 16.1. The molecule has 1 heteroatoms. The maximum Gasteiger partial charge on any atom is 0.0506 e. The van der Waals surface area contributed by atoms with Gasteiger partial charge in [0.2, 0.25) is 0 Å². The highest BCUT2D eigenvalue weighted by atomic mass is 15.2. The number of anilines is 3. The lowest BCUT2D eigenvalue weighted by Gasteiger charge is -2.43. The van der Waals surface area contributed by atoms with Gasteiger partial charge in [-0.3, -0.25) is 0 Å². The van der Waals surface area contributed by atoms with Gasteiger partial charge in [0, 0.05) is 16.5 Å². The van der Waals surface area contributed by atoms with Gasteiger partial charge in [-0.15, -0.1) is 0 Å². The molecule has 1 nitrogen and oxygen atoms in total. The zero-order valence-corrected chi connectivity index (χ0v) is 27.1. The molecular weight excluding hydrogens is 542 g/mol. The molecular formula is C44H39N. The highest BCUT2D eigenvalue weighted by Gasteiger charge is 2.42. The summed E-state index contributed by atoms with van der Waals surface area (Å²) in [5, 5.41) is 0. The van der Waals surface area contributed by atoms with Crippen LogP contribution in [-0.4, -0.2) is 0 Å². The first-order valence-corrected chi connectivity index (χ1v) is 16.1. The predicted octanol–water partition coefficient (Wildman–Crippen LogP) is 12.1. The second-order valence-electron chi connectivity index (χ2n) is 14.0. The van der Waals surface area contributed by atoms with Crippen LogP contribution in [0.4, 0.5) is 17.1 Å². The average Bonchev–Trinajstić information content (AvgIpc) is 3.28. The molecule has 2 aliphatic rings. The molecule has 0 aromatic heterocycles. The number of benzene rings is 6. The lowest BCUT2D eigenvalue weighted by atomic mass is 9.72. The van der Waals surface area contributed by atoms with E-state index >= 15 is 0 Å². The Morgan fingerprint density at radius 1 is 0.422 bits per heavy atom. The highest BCUT2D eigenvalue weighted by Crippen LogP contribution is 2.57. The minimum Gasteiger partial charge on any atom is -0.310 e. The topological polar surface area (TPSA) is 3.24 Å². The van der Waals surface area contributed by atoms with E-state index in [2.05, 4.69) is 174 Å². The van der Waals surface area contributed by atoms with Gasteiger partial charge in [-0.2, -0.15) is 0 Å². The van der Waals surface area contributed by atoms with Crippen LogP contribution in [0.15, 0.2) is 127 Å². The van der Waals surface area contributed by atoms with Gasteiger partial charge in [-0.25, -0.2) is 0 Å². The van der Waals surface area contributed by atoms with Crippen molar-refractivity contribution >= 4 is 17.1 Å². The van der Waals surface area contributed by atoms with Crippen LogP contribution in [0.5, 0.6) is 0 Å². The Balaban J connectivity index is 1.23. The van der Waals surface area contributed by atoms with Crippen molar-refractivity contribution in [1.29, 1.82) is 0 Å². The Labute approximate surface area is 267 Å². The maximum atomic E-state index is 2.49. The molecule has 0 bridgehead atoms. The molecule has 0 unspecified atom stereocenters. The van der Waals surface area contributed by atoms with Gasteiger partial charge in [0.1, 0.15) is 0 Å². The molecule has 45 heavy (non-hydrogen) atoms. The van der Waals surface area contributed by atoms with Gasteiger partial charge in [0.05, 0.1) is 11.4 Å². The van der Waals surface area contributed by atoms with E-state index in [1.165, 1.54) is 83.8 Å². The molecule has 0 amide bonds. The van der Waals surface area contributed by atoms with Crippen molar-refractivity contribution < 1.29 is 0 Å². The van der Waals surface area contributed by atoms with Gasteiger partial charge in [0.15, 0.2) is 0 Å². The van der Waals surface area contributed by atoms with Crippen LogP contribution in [0.1, 0.15) is 61.1 Å². The molecule has 0 N–H and O–H groups in total. The summed E-state index contributed by atoms with van der Waals surface area (Å²) in [7, 11) is 0. The molecule has 8 rings (SSSR count). The number of aryl methyl sites for hydroxylation is 2. The summed E-state index contributed by atoms with van der Waals surface area (Å²) in [4.78, 5) is 2.49. The molecule has 0 spiro atoms. The molecule has 1 heterocycles. The van der Waals surface area contributed by atoms with E-state index < -0.39 is 0 Å². The summed E-state index contributed by atoms with van der Waals surface area (Å²) in [6.45, 7) is 13.9. The Kier molecular flexibility index (Phi) is 6.03.